The Bertz CT molecular complexity index is 204. The molecule has 0 spiro atoms. The highest BCUT2D eigenvalue weighted by molar-refractivity contribution is 8.01. The fourth-order valence-electron chi connectivity index (χ4n) is 1.01. The Labute approximate surface area is 75.2 Å². The predicted octanol–water partition coefficient (Wildman–Crippen LogP) is 2.06. The van der Waals surface area contributed by atoms with Gasteiger partial charge in [0.05, 0.1) is 4.21 Å². The largest absolute Gasteiger partial charge is 0.316 e. The Morgan fingerprint density at radius 1 is 1.64 bits per heavy atom. The van der Waals surface area contributed by atoms with E-state index >= 15 is 0 Å². The van der Waals surface area contributed by atoms with Gasteiger partial charge in [-0.25, -0.2) is 0 Å². The van der Waals surface area contributed by atoms with E-state index < -0.39 is 0 Å². The van der Waals surface area contributed by atoms with Crippen molar-refractivity contribution in [2.45, 2.75) is 4.21 Å². The summed E-state index contributed by atoms with van der Waals surface area (Å²) in [6.07, 6.45) is 0. The minimum absolute atomic E-state index is 0.919. The van der Waals surface area contributed by atoms with Crippen LogP contribution in [0.2, 0.25) is 0 Å². The monoisotopic (exact) mass is 185 g/mol. The van der Waals surface area contributed by atoms with E-state index in [-0.39, 0.29) is 0 Å². The van der Waals surface area contributed by atoms with Crippen LogP contribution in [-0.2, 0) is 0 Å². The van der Waals surface area contributed by atoms with Crippen LogP contribution in [0.15, 0.2) is 21.7 Å². The second kappa shape index (κ2) is 3.61. The summed E-state index contributed by atoms with van der Waals surface area (Å²) in [6, 6.07) is 4.31. The third kappa shape index (κ3) is 1.98. The first-order valence-electron chi connectivity index (χ1n) is 3.82. The summed E-state index contributed by atoms with van der Waals surface area (Å²) in [5.41, 5.74) is 0. The Morgan fingerprint density at radius 3 is 3.09 bits per heavy atom. The molecule has 0 aromatic carbocycles. The van der Waals surface area contributed by atoms with Crippen molar-refractivity contribution < 1.29 is 0 Å². The van der Waals surface area contributed by atoms with Crippen LogP contribution < -0.4 is 5.32 Å². The predicted molar refractivity (Wildman–Crippen MR) is 51.4 cm³/mol. The molecular weight excluding hydrogens is 174 g/mol. The van der Waals surface area contributed by atoms with E-state index in [1.807, 2.05) is 23.1 Å². The molecular formula is C8H11NS2. The average Bonchev–Trinajstić information content (AvgIpc) is 2.36. The summed E-state index contributed by atoms with van der Waals surface area (Å²) in [5, 5.41) is 5.42. The SMILES string of the molecule is c1csc(SCC2CNC2)c1. The molecule has 1 N–H and O–H groups in total. The van der Waals surface area contributed by atoms with E-state index in [1.165, 1.54) is 23.1 Å². The summed E-state index contributed by atoms with van der Waals surface area (Å²) in [5.74, 6) is 2.20. The zero-order valence-corrected chi connectivity index (χ0v) is 7.88. The minimum Gasteiger partial charge on any atom is -0.316 e. The van der Waals surface area contributed by atoms with Gasteiger partial charge in [0.1, 0.15) is 0 Å². The lowest BCUT2D eigenvalue weighted by molar-refractivity contribution is 0.385. The molecule has 1 aliphatic heterocycles. The van der Waals surface area contributed by atoms with Gasteiger partial charge in [0, 0.05) is 5.75 Å². The molecule has 0 atom stereocenters. The molecule has 1 nitrogen and oxygen atoms in total. The minimum atomic E-state index is 0.919. The second-order valence-corrected chi connectivity index (χ2v) is 5.04. The molecule has 11 heavy (non-hydrogen) atoms. The molecule has 1 fully saturated rings. The van der Waals surface area contributed by atoms with E-state index in [4.69, 9.17) is 0 Å². The average molecular weight is 185 g/mol. The molecule has 1 aromatic heterocycles. The molecule has 2 rings (SSSR count). The second-order valence-electron chi connectivity index (χ2n) is 2.77. The van der Waals surface area contributed by atoms with Crippen LogP contribution in [0.4, 0.5) is 0 Å². The van der Waals surface area contributed by atoms with E-state index in [2.05, 4.69) is 22.8 Å². The summed E-state index contributed by atoms with van der Waals surface area (Å²) < 4.78 is 1.46. The van der Waals surface area contributed by atoms with Crippen molar-refractivity contribution in [3.05, 3.63) is 17.5 Å². The fourth-order valence-corrected chi connectivity index (χ4v) is 2.91. The van der Waals surface area contributed by atoms with Crippen molar-refractivity contribution in [1.82, 2.24) is 5.32 Å². The van der Waals surface area contributed by atoms with Crippen molar-refractivity contribution in [2.24, 2.45) is 5.92 Å². The van der Waals surface area contributed by atoms with Crippen LogP contribution >= 0.6 is 23.1 Å². The Morgan fingerprint density at radius 2 is 2.55 bits per heavy atom. The molecule has 0 aliphatic carbocycles. The third-order valence-corrected chi connectivity index (χ3v) is 4.18. The molecule has 0 saturated carbocycles. The molecule has 1 aliphatic rings. The van der Waals surface area contributed by atoms with Gasteiger partial charge in [-0.05, 0) is 30.5 Å². The number of thiophene rings is 1. The van der Waals surface area contributed by atoms with Crippen molar-refractivity contribution in [2.75, 3.05) is 18.8 Å². The first-order valence-corrected chi connectivity index (χ1v) is 5.69. The van der Waals surface area contributed by atoms with E-state index in [9.17, 15) is 0 Å². The van der Waals surface area contributed by atoms with Crippen LogP contribution in [0.5, 0.6) is 0 Å². The lowest BCUT2D eigenvalue weighted by atomic mass is 10.1. The standard InChI is InChI=1S/C8H11NS2/c1-2-8(10-3-1)11-6-7-4-9-5-7/h1-3,7,9H,4-6H2. The van der Waals surface area contributed by atoms with Gasteiger partial charge in [-0.1, -0.05) is 6.07 Å². The maximum atomic E-state index is 3.28. The van der Waals surface area contributed by atoms with Crippen molar-refractivity contribution in [3.63, 3.8) is 0 Å². The first-order chi connectivity index (χ1) is 5.45. The van der Waals surface area contributed by atoms with Crippen molar-refractivity contribution in [3.8, 4) is 0 Å². The lowest BCUT2D eigenvalue weighted by Crippen LogP contribution is -2.43. The number of thioether (sulfide) groups is 1. The smallest absolute Gasteiger partial charge is 0.0598 e. The van der Waals surface area contributed by atoms with Crippen molar-refractivity contribution >= 4 is 23.1 Å². The highest BCUT2D eigenvalue weighted by atomic mass is 32.2. The number of rotatable bonds is 3. The van der Waals surface area contributed by atoms with Gasteiger partial charge >= 0.3 is 0 Å². The zero-order chi connectivity index (χ0) is 7.52. The Kier molecular flexibility index (Phi) is 2.51. The van der Waals surface area contributed by atoms with Gasteiger partial charge in [0.2, 0.25) is 0 Å². The highest BCUT2D eigenvalue weighted by Gasteiger charge is 2.16. The molecule has 3 heteroatoms. The number of nitrogens with one attached hydrogen (secondary N) is 1. The number of hydrogen-bond donors (Lipinski definition) is 1. The Hall–Kier alpha value is 0.01000. The van der Waals surface area contributed by atoms with Gasteiger partial charge in [-0.2, -0.15) is 0 Å². The number of hydrogen-bond acceptors (Lipinski definition) is 3. The molecule has 1 saturated heterocycles. The fraction of sp³-hybridized carbons (Fsp3) is 0.500. The molecule has 2 heterocycles. The van der Waals surface area contributed by atoms with Crippen LogP contribution in [0, 0.1) is 5.92 Å². The lowest BCUT2D eigenvalue weighted by Gasteiger charge is -2.26. The summed E-state index contributed by atoms with van der Waals surface area (Å²) in [6.45, 7) is 2.44. The molecule has 1 aromatic rings. The zero-order valence-electron chi connectivity index (χ0n) is 6.25. The summed E-state index contributed by atoms with van der Waals surface area (Å²) >= 11 is 3.83. The topological polar surface area (TPSA) is 12.0 Å². The van der Waals surface area contributed by atoms with Crippen LogP contribution in [0.3, 0.4) is 0 Å². The normalized spacial score (nSPS) is 18.2. The maximum Gasteiger partial charge on any atom is 0.0598 e. The maximum absolute atomic E-state index is 3.28. The summed E-state index contributed by atoms with van der Waals surface area (Å²) in [4.78, 5) is 0. The van der Waals surface area contributed by atoms with Gasteiger partial charge in [-0.15, -0.1) is 23.1 Å². The van der Waals surface area contributed by atoms with Gasteiger partial charge in [-0.3, -0.25) is 0 Å². The Balaban J connectivity index is 1.74. The van der Waals surface area contributed by atoms with Crippen LogP contribution in [0.1, 0.15) is 0 Å². The third-order valence-electron chi connectivity index (χ3n) is 1.82. The van der Waals surface area contributed by atoms with E-state index in [1.54, 1.807) is 0 Å². The molecule has 0 radical (unpaired) electrons. The quantitative estimate of drug-likeness (QED) is 0.723. The van der Waals surface area contributed by atoms with Gasteiger partial charge in [0.25, 0.3) is 0 Å². The van der Waals surface area contributed by atoms with Crippen molar-refractivity contribution in [1.29, 1.82) is 0 Å². The molecule has 0 unspecified atom stereocenters. The van der Waals surface area contributed by atoms with Crippen LogP contribution in [-0.4, -0.2) is 18.8 Å². The van der Waals surface area contributed by atoms with Gasteiger partial charge in [0.15, 0.2) is 0 Å². The van der Waals surface area contributed by atoms with Gasteiger partial charge < -0.3 is 5.32 Å². The van der Waals surface area contributed by atoms with E-state index in [0.29, 0.717) is 0 Å². The summed E-state index contributed by atoms with van der Waals surface area (Å²) in [7, 11) is 0. The van der Waals surface area contributed by atoms with E-state index in [0.717, 1.165) is 5.92 Å². The highest BCUT2D eigenvalue weighted by Crippen LogP contribution is 2.26. The first kappa shape index (κ1) is 7.65. The molecule has 0 amide bonds. The molecule has 60 valence electrons. The van der Waals surface area contributed by atoms with Crippen LogP contribution in [0.25, 0.3) is 0 Å². The molecule has 0 bridgehead atoms.